The maximum atomic E-state index is 12.9. The van der Waals surface area contributed by atoms with Gasteiger partial charge in [0.25, 0.3) is 0 Å². The molecule has 1 fully saturated rings. The Kier molecular flexibility index (Phi) is 8.30. The van der Waals surface area contributed by atoms with Gasteiger partial charge in [-0.05, 0) is 50.6 Å². The number of aryl methyl sites for hydroxylation is 1. The first-order valence-electron chi connectivity index (χ1n) is 11.0. The molecule has 1 aromatic carbocycles. The van der Waals surface area contributed by atoms with Gasteiger partial charge in [0.15, 0.2) is 5.78 Å². The molecule has 8 nitrogen and oxygen atoms in total. The van der Waals surface area contributed by atoms with Crippen LogP contribution in [0, 0.1) is 13.8 Å². The number of aromatic nitrogens is 1. The number of aromatic amines is 1. The molecule has 2 aromatic rings. The average Bonchev–Trinajstić information content (AvgIpc) is 3.09. The number of esters is 1. The van der Waals surface area contributed by atoms with E-state index in [2.05, 4.69) is 14.8 Å². The molecule has 32 heavy (non-hydrogen) atoms. The highest BCUT2D eigenvalue weighted by atomic mass is 16.5. The van der Waals surface area contributed by atoms with Gasteiger partial charge in [0.05, 0.1) is 20.3 Å². The number of nitrogens with one attached hydrogen (secondary N) is 1. The number of hydrogen-bond acceptors (Lipinski definition) is 7. The summed E-state index contributed by atoms with van der Waals surface area (Å²) in [5.41, 5.74) is 2.35. The highest BCUT2D eigenvalue weighted by Gasteiger charge is 2.25. The SMILES string of the molecule is CCOC(=O)c1[nH]c(C)c(C(=O)CN2CCN(CCOc3ccc(OC)cc3)CC2)c1C. The molecular weight excluding hydrogens is 410 g/mol. The molecule has 0 spiro atoms. The Bertz CT molecular complexity index is 914. The second-order valence-electron chi connectivity index (χ2n) is 7.91. The summed E-state index contributed by atoms with van der Waals surface area (Å²) in [5.74, 6) is 1.25. The molecule has 2 heterocycles. The van der Waals surface area contributed by atoms with Gasteiger partial charge in [-0.3, -0.25) is 14.6 Å². The Hall–Kier alpha value is -2.84. The van der Waals surface area contributed by atoms with Crippen molar-refractivity contribution in [1.82, 2.24) is 14.8 Å². The summed E-state index contributed by atoms with van der Waals surface area (Å²) in [4.78, 5) is 32.6. The van der Waals surface area contributed by atoms with E-state index < -0.39 is 5.97 Å². The minimum Gasteiger partial charge on any atom is -0.497 e. The highest BCUT2D eigenvalue weighted by Crippen LogP contribution is 2.20. The molecule has 1 aromatic heterocycles. The fourth-order valence-electron chi connectivity index (χ4n) is 3.99. The lowest BCUT2D eigenvalue weighted by molar-refractivity contribution is 0.0519. The number of hydrogen-bond donors (Lipinski definition) is 1. The number of rotatable bonds is 10. The lowest BCUT2D eigenvalue weighted by Gasteiger charge is -2.34. The predicted molar refractivity (Wildman–Crippen MR) is 122 cm³/mol. The van der Waals surface area contributed by atoms with Crippen LogP contribution < -0.4 is 9.47 Å². The second-order valence-corrected chi connectivity index (χ2v) is 7.91. The van der Waals surface area contributed by atoms with Crippen molar-refractivity contribution in [1.29, 1.82) is 0 Å². The van der Waals surface area contributed by atoms with Gasteiger partial charge >= 0.3 is 5.97 Å². The van der Waals surface area contributed by atoms with Gasteiger partial charge in [0, 0.05) is 44.0 Å². The van der Waals surface area contributed by atoms with Crippen molar-refractivity contribution in [3.05, 3.63) is 46.8 Å². The van der Waals surface area contributed by atoms with Gasteiger partial charge in [0.2, 0.25) is 0 Å². The first kappa shape index (κ1) is 23.8. The third-order valence-corrected chi connectivity index (χ3v) is 5.76. The Morgan fingerprint density at radius 2 is 1.62 bits per heavy atom. The number of carbonyl (C=O) groups excluding carboxylic acids is 2. The van der Waals surface area contributed by atoms with Crippen LogP contribution in [-0.2, 0) is 4.74 Å². The van der Waals surface area contributed by atoms with Gasteiger partial charge in [-0.15, -0.1) is 0 Å². The quantitative estimate of drug-likeness (QED) is 0.446. The van der Waals surface area contributed by atoms with Gasteiger partial charge in [0.1, 0.15) is 23.8 Å². The molecule has 0 atom stereocenters. The molecule has 3 rings (SSSR count). The van der Waals surface area contributed by atoms with E-state index in [-0.39, 0.29) is 5.78 Å². The Morgan fingerprint density at radius 3 is 2.25 bits per heavy atom. The minimum atomic E-state index is -0.419. The third kappa shape index (κ3) is 5.89. The molecule has 1 aliphatic heterocycles. The van der Waals surface area contributed by atoms with Gasteiger partial charge in [-0.25, -0.2) is 4.79 Å². The Morgan fingerprint density at radius 1 is 1.00 bits per heavy atom. The number of piperazine rings is 1. The van der Waals surface area contributed by atoms with Crippen LogP contribution >= 0.6 is 0 Å². The van der Waals surface area contributed by atoms with Crippen molar-refractivity contribution in [2.75, 3.05) is 59.6 Å². The molecule has 1 saturated heterocycles. The van der Waals surface area contributed by atoms with Crippen molar-refractivity contribution < 1.29 is 23.8 Å². The number of benzene rings is 1. The van der Waals surface area contributed by atoms with Crippen molar-refractivity contribution in [3.8, 4) is 11.5 Å². The lowest BCUT2D eigenvalue weighted by Crippen LogP contribution is -2.48. The minimum absolute atomic E-state index is 0.0306. The smallest absolute Gasteiger partial charge is 0.355 e. The summed E-state index contributed by atoms with van der Waals surface area (Å²) in [6.45, 7) is 10.9. The maximum absolute atomic E-state index is 12.9. The number of ketones is 1. The van der Waals surface area contributed by atoms with Crippen molar-refractivity contribution in [2.45, 2.75) is 20.8 Å². The van der Waals surface area contributed by atoms with E-state index in [1.807, 2.05) is 31.2 Å². The fourth-order valence-corrected chi connectivity index (χ4v) is 3.99. The predicted octanol–water partition coefficient (Wildman–Crippen LogP) is 2.70. The standard InChI is InChI=1S/C24H33N3O5/c1-5-31-24(29)23-17(2)22(18(3)25-23)21(28)16-27-12-10-26(11-13-27)14-15-32-20-8-6-19(30-4)7-9-20/h6-9,25H,5,10-16H2,1-4H3. The van der Waals surface area contributed by atoms with E-state index in [0.717, 1.165) is 44.2 Å². The average molecular weight is 444 g/mol. The molecule has 0 radical (unpaired) electrons. The molecule has 0 bridgehead atoms. The van der Waals surface area contributed by atoms with E-state index >= 15 is 0 Å². The zero-order chi connectivity index (χ0) is 23.1. The Labute approximate surface area is 189 Å². The van der Waals surface area contributed by atoms with E-state index in [0.29, 0.717) is 42.3 Å². The van der Waals surface area contributed by atoms with Crippen LogP contribution in [0.5, 0.6) is 11.5 Å². The number of ether oxygens (including phenoxy) is 3. The van der Waals surface area contributed by atoms with Crippen LogP contribution in [-0.4, -0.2) is 86.1 Å². The number of carbonyl (C=O) groups is 2. The zero-order valence-electron chi connectivity index (χ0n) is 19.4. The largest absolute Gasteiger partial charge is 0.497 e. The van der Waals surface area contributed by atoms with Crippen LogP contribution in [0.2, 0.25) is 0 Å². The van der Waals surface area contributed by atoms with E-state index in [1.54, 1.807) is 21.0 Å². The molecule has 174 valence electrons. The maximum Gasteiger partial charge on any atom is 0.355 e. The molecule has 0 amide bonds. The van der Waals surface area contributed by atoms with Crippen molar-refractivity contribution >= 4 is 11.8 Å². The molecular formula is C24H33N3O5. The molecule has 0 aliphatic carbocycles. The van der Waals surface area contributed by atoms with Crippen LogP contribution in [0.1, 0.15) is 39.0 Å². The summed E-state index contributed by atoms with van der Waals surface area (Å²) >= 11 is 0. The normalized spacial score (nSPS) is 14.9. The number of H-pyrrole nitrogens is 1. The molecule has 0 saturated carbocycles. The lowest BCUT2D eigenvalue weighted by atomic mass is 10.0. The summed E-state index contributed by atoms with van der Waals surface area (Å²) in [6, 6.07) is 7.57. The Balaban J connectivity index is 1.44. The zero-order valence-corrected chi connectivity index (χ0v) is 19.4. The van der Waals surface area contributed by atoms with Crippen LogP contribution in [0.15, 0.2) is 24.3 Å². The fraction of sp³-hybridized carbons (Fsp3) is 0.500. The van der Waals surface area contributed by atoms with Crippen LogP contribution in [0.25, 0.3) is 0 Å². The summed E-state index contributed by atoms with van der Waals surface area (Å²) < 4.78 is 16.0. The van der Waals surface area contributed by atoms with E-state index in [1.165, 1.54) is 0 Å². The first-order chi connectivity index (χ1) is 15.4. The monoisotopic (exact) mass is 443 g/mol. The first-order valence-corrected chi connectivity index (χ1v) is 11.0. The summed E-state index contributed by atoms with van der Waals surface area (Å²) in [5, 5.41) is 0. The number of nitrogens with zero attached hydrogens (tertiary/aromatic N) is 2. The highest BCUT2D eigenvalue weighted by molar-refractivity contribution is 6.03. The van der Waals surface area contributed by atoms with E-state index in [9.17, 15) is 9.59 Å². The van der Waals surface area contributed by atoms with Crippen molar-refractivity contribution in [3.63, 3.8) is 0 Å². The van der Waals surface area contributed by atoms with Crippen LogP contribution in [0.3, 0.4) is 0 Å². The van der Waals surface area contributed by atoms with Gasteiger partial charge < -0.3 is 19.2 Å². The van der Waals surface area contributed by atoms with Crippen molar-refractivity contribution in [2.24, 2.45) is 0 Å². The van der Waals surface area contributed by atoms with Gasteiger partial charge in [-0.1, -0.05) is 0 Å². The molecule has 0 unspecified atom stereocenters. The topological polar surface area (TPSA) is 84.1 Å². The summed E-state index contributed by atoms with van der Waals surface area (Å²) in [6.07, 6.45) is 0. The molecule has 8 heteroatoms. The molecule has 1 aliphatic rings. The van der Waals surface area contributed by atoms with Gasteiger partial charge in [-0.2, -0.15) is 0 Å². The van der Waals surface area contributed by atoms with Crippen LogP contribution in [0.4, 0.5) is 0 Å². The molecule has 1 N–H and O–H groups in total. The summed E-state index contributed by atoms with van der Waals surface area (Å²) in [7, 11) is 1.64. The third-order valence-electron chi connectivity index (χ3n) is 5.76. The number of Topliss-reactive ketones (excluding diaryl/α,β-unsaturated/α-hetero) is 1. The second kappa shape index (κ2) is 11.2. The number of methoxy groups -OCH3 is 1. The van der Waals surface area contributed by atoms with E-state index in [4.69, 9.17) is 14.2 Å².